The first kappa shape index (κ1) is 28.6. The van der Waals surface area contributed by atoms with Crippen LogP contribution in [-0.2, 0) is 23.7 Å². The molecule has 2 radical (unpaired) electrons. The van der Waals surface area contributed by atoms with Crippen molar-refractivity contribution in [2.24, 2.45) is 5.92 Å². The van der Waals surface area contributed by atoms with Crippen LogP contribution in [0.4, 0.5) is 14.9 Å². The number of fused-ring (bicyclic) bond motifs is 2. The quantitative estimate of drug-likeness (QED) is 0.338. The van der Waals surface area contributed by atoms with Crippen molar-refractivity contribution in [3.8, 4) is 5.75 Å². The molecule has 0 saturated carbocycles. The third-order valence-corrected chi connectivity index (χ3v) is 6.16. The van der Waals surface area contributed by atoms with Crippen molar-refractivity contribution in [2.45, 2.75) is 58.2 Å². The van der Waals surface area contributed by atoms with Crippen molar-refractivity contribution in [1.29, 1.82) is 0 Å². The number of Topliss-reactive ketones (excluding diaryl/α,β-unsaturated/α-hetero) is 1. The number of carbonyl (C=O) groups excluding carboxylic acids is 3. The molecule has 11 heteroatoms. The third-order valence-electron chi connectivity index (χ3n) is 6.16. The molecule has 0 bridgehead atoms. The number of hydrogen-bond acceptors (Lipinski definition) is 8. The fourth-order valence-corrected chi connectivity index (χ4v) is 4.01. The van der Waals surface area contributed by atoms with Crippen LogP contribution in [0.25, 0.3) is 6.08 Å². The summed E-state index contributed by atoms with van der Waals surface area (Å²) >= 11 is 0. The van der Waals surface area contributed by atoms with Crippen molar-refractivity contribution in [2.75, 3.05) is 25.9 Å². The molecule has 4 atom stereocenters. The highest BCUT2D eigenvalue weighted by Gasteiger charge is 2.45. The Morgan fingerprint density at radius 1 is 1.24 bits per heavy atom. The molecule has 1 fully saturated rings. The van der Waals surface area contributed by atoms with Crippen molar-refractivity contribution in [1.82, 2.24) is 0 Å². The Hall–Kier alpha value is -3.02. The standard InChI is InChI=1S/C26H31BFNO8/c1-14-10-18(28)22(30)23-19(36-26(3,4)37-23)9-7-8-16-11-17(29(5)25(27)32)12-20(34-13-33-6)21(16)24(31)35-15(14)2/h7-8,10-12,14-15,19,23H,9,13H2,1-6H3/b8-7?,18-10+/t14-,15+,19+,23+/m1/s1. The smallest absolute Gasteiger partial charge is 0.342 e. The van der Waals surface area contributed by atoms with E-state index in [9.17, 15) is 18.8 Å². The van der Waals surface area contributed by atoms with Crippen molar-refractivity contribution in [3.05, 3.63) is 41.2 Å². The van der Waals surface area contributed by atoms with Gasteiger partial charge in [-0.05, 0) is 44.9 Å². The van der Waals surface area contributed by atoms with E-state index < -0.39 is 53.4 Å². The molecule has 1 amide bonds. The molecule has 0 aromatic heterocycles. The number of esters is 1. The van der Waals surface area contributed by atoms with Crippen LogP contribution < -0.4 is 9.64 Å². The number of rotatable bonds is 4. The van der Waals surface area contributed by atoms with Gasteiger partial charge in [0, 0.05) is 31.8 Å². The second-order valence-electron chi connectivity index (χ2n) is 9.44. The number of carbonyl (C=O) groups is 3. The highest BCUT2D eigenvalue weighted by Crippen LogP contribution is 2.35. The summed E-state index contributed by atoms with van der Waals surface area (Å²) < 4.78 is 42.8. The van der Waals surface area contributed by atoms with Gasteiger partial charge < -0.3 is 28.6 Å². The van der Waals surface area contributed by atoms with Crippen molar-refractivity contribution in [3.63, 3.8) is 0 Å². The van der Waals surface area contributed by atoms with Gasteiger partial charge in [-0.3, -0.25) is 9.59 Å². The minimum atomic E-state index is -1.16. The summed E-state index contributed by atoms with van der Waals surface area (Å²) in [7, 11) is 8.34. The van der Waals surface area contributed by atoms with E-state index in [2.05, 4.69) is 0 Å². The lowest BCUT2D eigenvalue weighted by atomic mass is 9.98. The van der Waals surface area contributed by atoms with Crippen LogP contribution in [-0.4, -0.2) is 70.5 Å². The van der Waals surface area contributed by atoms with E-state index in [0.29, 0.717) is 11.3 Å². The molecular formula is C26H31BFNO8. The number of benzene rings is 1. The van der Waals surface area contributed by atoms with E-state index in [1.54, 1.807) is 45.9 Å². The summed E-state index contributed by atoms with van der Waals surface area (Å²) in [6.45, 7) is 6.32. The second-order valence-corrected chi connectivity index (χ2v) is 9.44. The monoisotopic (exact) mass is 515 g/mol. The average molecular weight is 515 g/mol. The minimum absolute atomic E-state index is 0.0760. The van der Waals surface area contributed by atoms with E-state index >= 15 is 0 Å². The van der Waals surface area contributed by atoms with Crippen LogP contribution in [0.15, 0.2) is 30.1 Å². The van der Waals surface area contributed by atoms with Crippen LogP contribution in [0.5, 0.6) is 5.75 Å². The SMILES string of the molecule is [B]C(=O)N(C)c1cc2c(c(OCOC)c1)C(=O)O[C@@H](C)[C@H](C)/C=C(/F)C(=O)[C@H]1OC(C)(C)O[C@H]1CC=C2. The number of ketones is 1. The molecule has 0 spiro atoms. The molecule has 2 aliphatic heterocycles. The highest BCUT2D eigenvalue weighted by atomic mass is 19.1. The Balaban J connectivity index is 2.16. The van der Waals surface area contributed by atoms with Crippen LogP contribution in [0.2, 0.25) is 0 Å². The van der Waals surface area contributed by atoms with Gasteiger partial charge in [0.15, 0.2) is 30.3 Å². The average Bonchev–Trinajstić information content (AvgIpc) is 3.14. The Morgan fingerprint density at radius 3 is 2.59 bits per heavy atom. The fraction of sp³-hybridized carbons (Fsp3) is 0.500. The highest BCUT2D eigenvalue weighted by molar-refractivity contribution is 6.60. The van der Waals surface area contributed by atoms with Crippen LogP contribution >= 0.6 is 0 Å². The number of ether oxygens (including phenoxy) is 5. The molecule has 1 aromatic carbocycles. The Labute approximate surface area is 216 Å². The Bertz CT molecular complexity index is 1120. The number of hydrogen-bond donors (Lipinski definition) is 0. The summed E-state index contributed by atoms with van der Waals surface area (Å²) in [5, 5.41) is 0. The molecule has 37 heavy (non-hydrogen) atoms. The largest absolute Gasteiger partial charge is 0.467 e. The van der Waals surface area contributed by atoms with Gasteiger partial charge in [-0.2, -0.15) is 0 Å². The van der Waals surface area contributed by atoms with Gasteiger partial charge in [0.2, 0.25) is 13.6 Å². The minimum Gasteiger partial charge on any atom is -0.467 e. The maximum Gasteiger partial charge on any atom is 0.342 e. The zero-order valence-electron chi connectivity index (χ0n) is 21.8. The molecule has 2 aliphatic rings. The van der Waals surface area contributed by atoms with Gasteiger partial charge in [-0.15, -0.1) is 0 Å². The number of cyclic esters (lactones) is 1. The van der Waals surface area contributed by atoms with E-state index in [1.807, 2.05) is 0 Å². The number of halogens is 1. The van der Waals surface area contributed by atoms with Gasteiger partial charge in [-0.25, -0.2) is 9.18 Å². The van der Waals surface area contributed by atoms with E-state index in [-0.39, 0.29) is 24.5 Å². The first-order valence-electron chi connectivity index (χ1n) is 11.8. The summed E-state index contributed by atoms with van der Waals surface area (Å²) in [6.07, 6.45) is 1.81. The molecule has 0 N–H and O–H groups in total. The fourth-order valence-electron chi connectivity index (χ4n) is 4.01. The van der Waals surface area contributed by atoms with Gasteiger partial charge in [0.05, 0.1) is 6.10 Å². The summed E-state index contributed by atoms with van der Waals surface area (Å²) in [6, 6.07) is 3.05. The lowest BCUT2D eigenvalue weighted by Crippen LogP contribution is -2.32. The topological polar surface area (TPSA) is 101 Å². The third kappa shape index (κ3) is 6.65. The number of anilines is 1. The van der Waals surface area contributed by atoms with E-state index in [4.69, 9.17) is 31.5 Å². The predicted octanol–water partition coefficient (Wildman–Crippen LogP) is 3.93. The molecule has 3 rings (SSSR count). The van der Waals surface area contributed by atoms with Crippen LogP contribution in [0, 0.1) is 5.92 Å². The normalized spacial score (nSPS) is 27.3. The van der Waals surface area contributed by atoms with E-state index in [0.717, 1.165) is 6.08 Å². The Morgan fingerprint density at radius 2 is 1.95 bits per heavy atom. The van der Waals surface area contributed by atoms with Gasteiger partial charge in [0.25, 0.3) is 0 Å². The van der Waals surface area contributed by atoms with Gasteiger partial charge in [0.1, 0.15) is 17.4 Å². The zero-order chi connectivity index (χ0) is 27.5. The van der Waals surface area contributed by atoms with Crippen LogP contribution in [0.1, 0.15) is 50.0 Å². The number of methoxy groups -OCH3 is 1. The van der Waals surface area contributed by atoms with Gasteiger partial charge in [-0.1, -0.05) is 19.1 Å². The lowest BCUT2D eigenvalue weighted by molar-refractivity contribution is -0.153. The maximum absolute atomic E-state index is 14.9. The number of nitrogens with zero attached hydrogens (tertiary/aromatic N) is 1. The molecule has 0 unspecified atom stereocenters. The molecule has 1 saturated heterocycles. The van der Waals surface area contributed by atoms with E-state index in [1.165, 1.54) is 25.1 Å². The molecule has 198 valence electrons. The molecule has 2 heterocycles. The summed E-state index contributed by atoms with van der Waals surface area (Å²) in [5.74, 6) is -4.94. The zero-order valence-corrected chi connectivity index (χ0v) is 21.8. The molecule has 0 aliphatic carbocycles. The maximum atomic E-state index is 14.9. The first-order valence-corrected chi connectivity index (χ1v) is 11.8. The molecule has 1 aromatic rings. The Kier molecular flexibility index (Phi) is 8.94. The molecular weight excluding hydrogens is 484 g/mol. The van der Waals surface area contributed by atoms with Crippen molar-refractivity contribution >= 4 is 37.2 Å². The summed E-state index contributed by atoms with van der Waals surface area (Å²) in [4.78, 5) is 39.2. The van der Waals surface area contributed by atoms with Gasteiger partial charge >= 0.3 is 5.97 Å². The second kappa shape index (κ2) is 11.6. The predicted molar refractivity (Wildman–Crippen MR) is 134 cm³/mol. The lowest BCUT2D eigenvalue weighted by Gasteiger charge is -2.23. The summed E-state index contributed by atoms with van der Waals surface area (Å²) in [5.41, 5.74) is 0.797. The molecule has 9 nitrogen and oxygen atoms in total. The van der Waals surface area contributed by atoms with Crippen molar-refractivity contribution < 1.29 is 42.5 Å². The number of amides is 1. The van der Waals surface area contributed by atoms with Crippen LogP contribution in [0.3, 0.4) is 0 Å². The first-order chi connectivity index (χ1) is 17.3.